The molecule has 0 aliphatic carbocycles. The zero-order valence-corrected chi connectivity index (χ0v) is 19.3. The molecule has 1 heterocycles. The van der Waals surface area contributed by atoms with Crippen LogP contribution in [-0.4, -0.2) is 22.8 Å². The van der Waals surface area contributed by atoms with Gasteiger partial charge in [-0.2, -0.15) is 0 Å². The molecule has 0 atom stereocenters. The highest BCUT2D eigenvalue weighted by atomic mass is 79.9. The van der Waals surface area contributed by atoms with Gasteiger partial charge in [0.15, 0.2) is 0 Å². The average molecular weight is 540 g/mol. The van der Waals surface area contributed by atoms with E-state index in [4.69, 9.17) is 4.74 Å². The number of nitro groups is 1. The number of urea groups is 1. The summed E-state index contributed by atoms with van der Waals surface area (Å²) >= 11 is 3.33. The van der Waals surface area contributed by atoms with Gasteiger partial charge in [0.05, 0.1) is 10.6 Å². The molecule has 1 aliphatic rings. The number of carbonyl (C=O) groups is 3. The van der Waals surface area contributed by atoms with Gasteiger partial charge in [-0.1, -0.05) is 34.1 Å². The topological polar surface area (TPSA) is 119 Å². The van der Waals surface area contributed by atoms with E-state index in [1.165, 1.54) is 36.4 Å². The molecule has 9 nitrogen and oxygen atoms in total. The molecule has 1 aliphatic heterocycles. The molecule has 0 aromatic heterocycles. The fourth-order valence-electron chi connectivity index (χ4n) is 3.34. The predicted molar refractivity (Wildman–Crippen MR) is 127 cm³/mol. The van der Waals surface area contributed by atoms with E-state index in [-0.39, 0.29) is 23.6 Å². The summed E-state index contributed by atoms with van der Waals surface area (Å²) in [6, 6.07) is 14.6. The highest BCUT2D eigenvalue weighted by molar-refractivity contribution is 9.10. The van der Waals surface area contributed by atoms with E-state index in [0.29, 0.717) is 26.2 Å². The average Bonchev–Trinajstić information content (AvgIpc) is 2.81. The first-order chi connectivity index (χ1) is 16.7. The molecule has 0 radical (unpaired) electrons. The second kappa shape index (κ2) is 9.85. The van der Waals surface area contributed by atoms with Crippen LogP contribution in [0.5, 0.6) is 5.75 Å². The van der Waals surface area contributed by atoms with Crippen molar-refractivity contribution in [3.05, 3.63) is 104 Å². The minimum Gasteiger partial charge on any atom is -0.488 e. The van der Waals surface area contributed by atoms with E-state index in [0.717, 1.165) is 6.07 Å². The Morgan fingerprint density at radius 1 is 1.06 bits per heavy atom. The first kappa shape index (κ1) is 23.8. The number of halogens is 2. The molecule has 11 heteroatoms. The second-order valence-electron chi connectivity index (χ2n) is 7.34. The number of hydrogen-bond acceptors (Lipinski definition) is 6. The van der Waals surface area contributed by atoms with Crippen LogP contribution in [0.1, 0.15) is 11.1 Å². The number of rotatable bonds is 6. The lowest BCUT2D eigenvalue weighted by atomic mass is 10.1. The molecule has 1 fully saturated rings. The van der Waals surface area contributed by atoms with Crippen LogP contribution in [-0.2, 0) is 16.2 Å². The summed E-state index contributed by atoms with van der Waals surface area (Å²) in [5.74, 6) is -2.02. The van der Waals surface area contributed by atoms with Gasteiger partial charge in [0.25, 0.3) is 17.5 Å². The Morgan fingerprint density at radius 3 is 2.57 bits per heavy atom. The van der Waals surface area contributed by atoms with E-state index in [1.54, 1.807) is 30.3 Å². The van der Waals surface area contributed by atoms with E-state index in [9.17, 15) is 28.9 Å². The maximum atomic E-state index is 13.5. The van der Waals surface area contributed by atoms with E-state index in [1.807, 2.05) is 0 Å². The van der Waals surface area contributed by atoms with Crippen molar-refractivity contribution < 1.29 is 28.4 Å². The Morgan fingerprint density at radius 2 is 1.83 bits per heavy atom. The molecule has 0 saturated carbocycles. The Hall–Kier alpha value is -4.38. The quantitative estimate of drug-likeness (QED) is 0.209. The van der Waals surface area contributed by atoms with Crippen molar-refractivity contribution in [2.24, 2.45) is 0 Å². The third-order valence-electron chi connectivity index (χ3n) is 4.96. The van der Waals surface area contributed by atoms with Gasteiger partial charge < -0.3 is 4.74 Å². The molecule has 3 aromatic rings. The largest absolute Gasteiger partial charge is 0.488 e. The van der Waals surface area contributed by atoms with Crippen LogP contribution in [0.15, 0.2) is 76.8 Å². The second-order valence-corrected chi connectivity index (χ2v) is 8.25. The zero-order valence-electron chi connectivity index (χ0n) is 17.7. The van der Waals surface area contributed by atoms with Crippen molar-refractivity contribution in [3.8, 4) is 5.75 Å². The van der Waals surface area contributed by atoms with Crippen molar-refractivity contribution in [1.82, 2.24) is 5.32 Å². The van der Waals surface area contributed by atoms with E-state index >= 15 is 0 Å². The van der Waals surface area contributed by atoms with Crippen LogP contribution in [0, 0.1) is 15.9 Å². The van der Waals surface area contributed by atoms with Gasteiger partial charge >= 0.3 is 6.03 Å². The lowest BCUT2D eigenvalue weighted by Crippen LogP contribution is -2.54. The number of benzene rings is 3. The number of anilines is 1. The maximum absolute atomic E-state index is 13.5. The molecule has 176 valence electrons. The summed E-state index contributed by atoms with van der Waals surface area (Å²) in [5, 5.41) is 13.2. The smallest absolute Gasteiger partial charge is 0.335 e. The number of nitrogens with zero attached hydrogens (tertiary/aromatic N) is 2. The monoisotopic (exact) mass is 539 g/mol. The Bertz CT molecular complexity index is 1410. The number of nitro benzene ring substituents is 1. The van der Waals surface area contributed by atoms with Gasteiger partial charge in [-0.25, -0.2) is 14.1 Å². The van der Waals surface area contributed by atoms with Crippen LogP contribution in [0.25, 0.3) is 6.08 Å². The number of imide groups is 2. The van der Waals surface area contributed by atoms with Crippen molar-refractivity contribution in [2.75, 3.05) is 4.90 Å². The third kappa shape index (κ3) is 5.25. The third-order valence-corrected chi connectivity index (χ3v) is 5.45. The van der Waals surface area contributed by atoms with Gasteiger partial charge in [0, 0.05) is 22.2 Å². The summed E-state index contributed by atoms with van der Waals surface area (Å²) in [4.78, 5) is 49.2. The minimum absolute atomic E-state index is 0.0218. The van der Waals surface area contributed by atoms with Gasteiger partial charge in [-0.05, 0) is 48.0 Å². The molecule has 1 N–H and O–H groups in total. The molecule has 4 rings (SSSR count). The van der Waals surface area contributed by atoms with E-state index in [2.05, 4.69) is 21.2 Å². The Kier molecular flexibility index (Phi) is 6.69. The normalized spacial score (nSPS) is 14.7. The van der Waals surface area contributed by atoms with Crippen molar-refractivity contribution >= 4 is 51.2 Å². The highest BCUT2D eigenvalue weighted by Gasteiger charge is 2.37. The molecule has 4 amide bonds. The number of carbonyl (C=O) groups excluding carboxylic acids is 3. The predicted octanol–water partition coefficient (Wildman–Crippen LogP) is 4.74. The number of barbiturate groups is 1. The fourth-order valence-corrected chi connectivity index (χ4v) is 3.72. The van der Waals surface area contributed by atoms with Gasteiger partial charge in [-0.3, -0.25) is 25.0 Å². The lowest BCUT2D eigenvalue weighted by Gasteiger charge is -2.26. The Balaban J connectivity index is 1.68. The van der Waals surface area contributed by atoms with Gasteiger partial charge in [0.2, 0.25) is 0 Å². The molecular weight excluding hydrogens is 525 g/mol. The van der Waals surface area contributed by atoms with Crippen LogP contribution in [0.3, 0.4) is 0 Å². The number of non-ortho nitro benzene ring substituents is 1. The molecule has 0 unspecified atom stereocenters. The molecular formula is C24H15BrFN3O6. The lowest BCUT2D eigenvalue weighted by molar-refractivity contribution is -0.384. The number of nitrogens with one attached hydrogen (secondary N) is 1. The summed E-state index contributed by atoms with van der Waals surface area (Å²) < 4.78 is 19.9. The molecule has 35 heavy (non-hydrogen) atoms. The summed E-state index contributed by atoms with van der Waals surface area (Å²) in [6.45, 7) is 0.0218. The number of ether oxygens (including phenoxy) is 1. The summed E-state index contributed by atoms with van der Waals surface area (Å²) in [5.41, 5.74) is 0.121. The van der Waals surface area contributed by atoms with Crippen LogP contribution in [0.4, 0.5) is 20.6 Å². The maximum Gasteiger partial charge on any atom is 0.335 e. The van der Waals surface area contributed by atoms with Gasteiger partial charge in [0.1, 0.15) is 23.7 Å². The minimum atomic E-state index is -1.03. The molecule has 1 saturated heterocycles. The molecule has 0 spiro atoms. The summed E-state index contributed by atoms with van der Waals surface area (Å²) in [6.07, 6.45) is 1.25. The molecule has 3 aromatic carbocycles. The zero-order chi connectivity index (χ0) is 25.1. The summed E-state index contributed by atoms with van der Waals surface area (Å²) in [7, 11) is 0. The highest BCUT2D eigenvalue weighted by Crippen LogP contribution is 2.29. The van der Waals surface area contributed by atoms with Crippen LogP contribution < -0.4 is 15.0 Å². The van der Waals surface area contributed by atoms with Crippen molar-refractivity contribution in [1.29, 1.82) is 0 Å². The molecule has 0 bridgehead atoms. The fraction of sp³-hybridized carbons (Fsp3) is 0.0417. The first-order valence-electron chi connectivity index (χ1n) is 10.1. The Labute approximate surface area is 206 Å². The van der Waals surface area contributed by atoms with Crippen LogP contribution >= 0.6 is 15.9 Å². The SMILES string of the molecule is O=C1NC(=O)N(c2cccc([N+](=O)[O-])c2)C(=O)/C1=C/c1cc(Br)ccc1OCc1cccc(F)c1. The number of hydrogen-bond donors (Lipinski definition) is 1. The van der Waals surface area contributed by atoms with E-state index < -0.39 is 28.6 Å². The first-order valence-corrected chi connectivity index (χ1v) is 10.8. The number of amides is 4. The van der Waals surface area contributed by atoms with Crippen molar-refractivity contribution in [3.63, 3.8) is 0 Å². The van der Waals surface area contributed by atoms with Crippen molar-refractivity contribution in [2.45, 2.75) is 6.61 Å². The standard InChI is InChI=1S/C24H15BrFN3O6/c25-16-7-8-21(35-13-14-3-1-4-17(26)9-14)15(10-16)11-20-22(30)27-24(32)28(23(20)31)18-5-2-6-19(12-18)29(33)34/h1-12H,13H2,(H,27,30,32)/b20-11+. The van der Waals surface area contributed by atoms with Crippen LogP contribution in [0.2, 0.25) is 0 Å². The van der Waals surface area contributed by atoms with Gasteiger partial charge in [-0.15, -0.1) is 0 Å².